The van der Waals surface area contributed by atoms with E-state index in [2.05, 4.69) is 88.7 Å². The summed E-state index contributed by atoms with van der Waals surface area (Å²) in [7, 11) is 0. The Labute approximate surface area is 230 Å². The fourth-order valence-electron chi connectivity index (χ4n) is 5.59. The van der Waals surface area contributed by atoms with Crippen LogP contribution in [0.2, 0.25) is 0 Å². The predicted molar refractivity (Wildman–Crippen MR) is 163 cm³/mol. The van der Waals surface area contributed by atoms with Crippen LogP contribution in [0.4, 0.5) is 0 Å². The third-order valence-corrected chi connectivity index (χ3v) is 7.46. The summed E-state index contributed by atoms with van der Waals surface area (Å²) in [5, 5.41) is 6.82. The highest BCUT2D eigenvalue weighted by Crippen LogP contribution is 2.38. The average molecular weight is 517 g/mol. The molecule has 1 aliphatic heterocycles. The number of furan rings is 1. The van der Waals surface area contributed by atoms with Gasteiger partial charge < -0.3 is 9.73 Å². The maximum absolute atomic E-state index is 6.56. The van der Waals surface area contributed by atoms with Crippen LogP contribution in [0.15, 0.2) is 148 Å². The largest absolute Gasteiger partial charge is 0.455 e. The first-order chi connectivity index (χ1) is 19.8. The Morgan fingerprint density at radius 3 is 2.08 bits per heavy atom. The smallest absolute Gasteiger partial charge is 0.211 e. The van der Waals surface area contributed by atoms with Gasteiger partial charge in [0.2, 0.25) is 5.96 Å². The van der Waals surface area contributed by atoms with Gasteiger partial charge in [0.1, 0.15) is 17.2 Å². The summed E-state index contributed by atoms with van der Waals surface area (Å²) >= 11 is 0. The highest BCUT2D eigenvalue weighted by atomic mass is 16.3. The summed E-state index contributed by atoms with van der Waals surface area (Å²) in [6.07, 6.45) is -0.374. The molecule has 2 aromatic heterocycles. The lowest BCUT2D eigenvalue weighted by atomic mass is 10.1. The minimum atomic E-state index is -0.374. The zero-order valence-electron chi connectivity index (χ0n) is 21.5. The van der Waals surface area contributed by atoms with Crippen molar-refractivity contribution in [3.63, 3.8) is 0 Å². The average Bonchev–Trinajstić information content (AvgIpc) is 3.62. The lowest BCUT2D eigenvalue weighted by Crippen LogP contribution is -2.39. The second-order valence-corrected chi connectivity index (χ2v) is 9.91. The first-order valence-corrected chi connectivity index (χ1v) is 13.4. The fraction of sp³-hybridized carbons (Fsp3) is 0.0286. The standard InChI is InChI=1S/C35H24N4O/c1-4-12-23(13-5-1)30-22-26-20-21-29-31(32(26)40-30)27-18-10-11-19-28(27)39(29)35-37-33(24-14-6-2-7-15-24)36-34(38-35)25-16-8-3-9-17-25/h1-22,33H,(H,36,37,38). The number of benzene rings is 5. The van der Waals surface area contributed by atoms with Gasteiger partial charge >= 0.3 is 0 Å². The second-order valence-electron chi connectivity index (χ2n) is 9.91. The van der Waals surface area contributed by atoms with Crippen molar-refractivity contribution < 1.29 is 4.42 Å². The molecule has 0 saturated heterocycles. The van der Waals surface area contributed by atoms with Gasteiger partial charge in [-0.15, -0.1) is 0 Å². The molecule has 0 amide bonds. The summed E-state index contributed by atoms with van der Waals surface area (Å²) < 4.78 is 8.76. The van der Waals surface area contributed by atoms with Crippen LogP contribution in [0.1, 0.15) is 17.3 Å². The van der Waals surface area contributed by atoms with Crippen molar-refractivity contribution >= 4 is 44.6 Å². The molecule has 1 unspecified atom stereocenters. The van der Waals surface area contributed by atoms with Gasteiger partial charge in [-0.2, -0.15) is 0 Å². The Morgan fingerprint density at radius 1 is 0.625 bits per heavy atom. The Morgan fingerprint density at radius 2 is 1.30 bits per heavy atom. The quantitative estimate of drug-likeness (QED) is 0.258. The van der Waals surface area contributed by atoms with E-state index in [1.807, 2.05) is 54.6 Å². The molecule has 7 aromatic rings. The molecule has 1 atom stereocenters. The lowest BCUT2D eigenvalue weighted by Gasteiger charge is -2.23. The maximum atomic E-state index is 6.56. The molecule has 0 spiro atoms. The second kappa shape index (κ2) is 9.10. The van der Waals surface area contributed by atoms with Gasteiger partial charge in [-0.3, -0.25) is 4.57 Å². The van der Waals surface area contributed by atoms with Gasteiger partial charge in [0.15, 0.2) is 6.17 Å². The summed E-state index contributed by atoms with van der Waals surface area (Å²) in [5.74, 6) is 2.37. The molecule has 5 heteroatoms. The van der Waals surface area contributed by atoms with Crippen molar-refractivity contribution in [2.75, 3.05) is 0 Å². The monoisotopic (exact) mass is 516 g/mol. The molecule has 8 rings (SSSR count). The number of rotatable bonds is 3. The van der Waals surface area contributed by atoms with Crippen LogP contribution < -0.4 is 5.32 Å². The van der Waals surface area contributed by atoms with Crippen LogP contribution in [-0.4, -0.2) is 16.4 Å². The van der Waals surface area contributed by atoms with Crippen molar-refractivity contribution in [2.24, 2.45) is 9.98 Å². The Balaban J connectivity index is 1.37. The van der Waals surface area contributed by atoms with E-state index in [-0.39, 0.29) is 6.17 Å². The molecule has 0 fully saturated rings. The molecule has 1 aliphatic rings. The minimum absolute atomic E-state index is 0.374. The number of fused-ring (bicyclic) bond motifs is 5. The van der Waals surface area contributed by atoms with E-state index in [0.29, 0.717) is 0 Å². The molecule has 0 saturated carbocycles. The number of hydrogen-bond donors (Lipinski definition) is 1. The fourth-order valence-corrected chi connectivity index (χ4v) is 5.59. The van der Waals surface area contributed by atoms with E-state index < -0.39 is 0 Å². The van der Waals surface area contributed by atoms with E-state index in [1.165, 1.54) is 0 Å². The van der Waals surface area contributed by atoms with Crippen LogP contribution in [-0.2, 0) is 0 Å². The first-order valence-electron chi connectivity index (χ1n) is 13.4. The zero-order chi connectivity index (χ0) is 26.5. The lowest BCUT2D eigenvalue weighted by molar-refractivity contribution is 0.635. The molecule has 5 aromatic carbocycles. The van der Waals surface area contributed by atoms with E-state index in [4.69, 9.17) is 14.4 Å². The van der Waals surface area contributed by atoms with Gasteiger partial charge in [-0.1, -0.05) is 109 Å². The van der Waals surface area contributed by atoms with Gasteiger partial charge in [0.25, 0.3) is 0 Å². The summed E-state index contributed by atoms with van der Waals surface area (Å²) in [6, 6.07) is 45.5. The molecular formula is C35H24N4O. The van der Waals surface area contributed by atoms with Crippen LogP contribution in [0.3, 0.4) is 0 Å². The number of aliphatic imine (C=N–C) groups is 2. The Kier molecular flexibility index (Phi) is 5.13. The number of nitrogens with one attached hydrogen (secondary N) is 1. The molecular weight excluding hydrogens is 492 g/mol. The number of aromatic nitrogens is 1. The summed E-state index contributed by atoms with van der Waals surface area (Å²) in [6.45, 7) is 0. The van der Waals surface area contributed by atoms with Crippen LogP contribution in [0.25, 0.3) is 44.1 Å². The Bertz CT molecular complexity index is 2070. The van der Waals surface area contributed by atoms with Crippen molar-refractivity contribution in [1.29, 1.82) is 0 Å². The molecule has 0 aliphatic carbocycles. The molecule has 190 valence electrons. The molecule has 1 N–H and O–H groups in total. The van der Waals surface area contributed by atoms with Crippen molar-refractivity contribution in [2.45, 2.75) is 6.17 Å². The molecule has 0 bridgehead atoms. The molecule has 5 nitrogen and oxygen atoms in total. The number of para-hydroxylation sites is 1. The number of amidine groups is 1. The Hall–Kier alpha value is -5.42. The van der Waals surface area contributed by atoms with Gasteiger partial charge in [0, 0.05) is 21.9 Å². The normalized spacial score (nSPS) is 15.2. The molecule has 40 heavy (non-hydrogen) atoms. The van der Waals surface area contributed by atoms with Gasteiger partial charge in [-0.05, 0) is 29.8 Å². The van der Waals surface area contributed by atoms with Gasteiger partial charge in [0.05, 0.1) is 16.4 Å². The van der Waals surface area contributed by atoms with Crippen LogP contribution in [0, 0.1) is 0 Å². The van der Waals surface area contributed by atoms with E-state index in [9.17, 15) is 0 Å². The SMILES string of the molecule is c1ccc(C2=NC(c3ccccc3)N=C(n3c4ccccc4c4c5oc(-c6ccccc6)cc5ccc43)N2)cc1. The van der Waals surface area contributed by atoms with Crippen LogP contribution in [0.5, 0.6) is 0 Å². The topological polar surface area (TPSA) is 54.8 Å². The van der Waals surface area contributed by atoms with E-state index in [0.717, 1.165) is 67.0 Å². The maximum Gasteiger partial charge on any atom is 0.211 e. The summed E-state index contributed by atoms with van der Waals surface area (Å²) in [4.78, 5) is 10.2. The van der Waals surface area contributed by atoms with Crippen molar-refractivity contribution in [3.05, 3.63) is 145 Å². The van der Waals surface area contributed by atoms with Crippen molar-refractivity contribution in [1.82, 2.24) is 9.88 Å². The molecule has 3 heterocycles. The predicted octanol–water partition coefficient (Wildman–Crippen LogP) is 8.16. The highest BCUT2D eigenvalue weighted by molar-refractivity contribution is 6.24. The third-order valence-electron chi connectivity index (χ3n) is 7.46. The summed E-state index contributed by atoms with van der Waals surface area (Å²) in [5.41, 5.74) is 6.06. The number of hydrogen-bond acceptors (Lipinski definition) is 4. The molecule has 0 radical (unpaired) electrons. The van der Waals surface area contributed by atoms with E-state index >= 15 is 0 Å². The van der Waals surface area contributed by atoms with E-state index in [1.54, 1.807) is 0 Å². The zero-order valence-corrected chi connectivity index (χ0v) is 21.5. The highest BCUT2D eigenvalue weighted by Gasteiger charge is 2.25. The first kappa shape index (κ1) is 22.6. The minimum Gasteiger partial charge on any atom is -0.455 e. The number of nitrogens with zero attached hydrogens (tertiary/aromatic N) is 3. The van der Waals surface area contributed by atoms with Crippen molar-refractivity contribution in [3.8, 4) is 11.3 Å². The van der Waals surface area contributed by atoms with Crippen LogP contribution >= 0.6 is 0 Å². The third kappa shape index (κ3) is 3.63. The van der Waals surface area contributed by atoms with Gasteiger partial charge in [-0.25, -0.2) is 9.98 Å².